The molecule has 0 aliphatic carbocycles. The Balaban J connectivity index is 1.71. The molecule has 0 radical (unpaired) electrons. The maximum Gasteiger partial charge on any atom is 0.341 e. The van der Waals surface area contributed by atoms with E-state index in [0.29, 0.717) is 23.1 Å². The number of nitrogens with two attached hydrogens (primary N) is 1. The van der Waals surface area contributed by atoms with E-state index in [9.17, 15) is 14.4 Å². The van der Waals surface area contributed by atoms with Crippen molar-refractivity contribution in [1.29, 1.82) is 0 Å². The van der Waals surface area contributed by atoms with Crippen LogP contribution >= 0.6 is 23.1 Å². The highest BCUT2D eigenvalue weighted by Gasteiger charge is 2.26. The molecule has 0 saturated heterocycles. The van der Waals surface area contributed by atoms with Gasteiger partial charge in [-0.25, -0.2) is 4.79 Å². The maximum absolute atomic E-state index is 12.8. The Kier molecular flexibility index (Phi) is 9.33. The molecule has 2 amide bonds. The van der Waals surface area contributed by atoms with Crippen LogP contribution in [0.1, 0.15) is 69.4 Å². The van der Waals surface area contributed by atoms with Gasteiger partial charge in [-0.2, -0.15) is 0 Å². The number of amides is 2. The summed E-state index contributed by atoms with van der Waals surface area (Å²) in [5, 5.41) is 12.1. The van der Waals surface area contributed by atoms with E-state index in [1.165, 1.54) is 17.3 Å². The predicted molar refractivity (Wildman–Crippen MR) is 144 cm³/mol. The average molecular weight is 546 g/mol. The van der Waals surface area contributed by atoms with Gasteiger partial charge in [0.05, 0.1) is 22.8 Å². The van der Waals surface area contributed by atoms with Crippen molar-refractivity contribution in [2.24, 2.45) is 5.73 Å². The molecule has 0 spiro atoms. The first-order valence-corrected chi connectivity index (χ1v) is 13.6. The molecule has 3 rings (SSSR count). The normalized spacial score (nSPS) is 11.7. The lowest BCUT2D eigenvalue weighted by atomic mass is 10.1. The first-order valence-electron chi connectivity index (χ1n) is 11.8. The number of thioether (sulfide) groups is 1. The summed E-state index contributed by atoms with van der Waals surface area (Å²) in [7, 11) is 0. The fourth-order valence-electron chi connectivity index (χ4n) is 3.63. The third-order valence-electron chi connectivity index (χ3n) is 5.65. The molecule has 3 aromatic rings. The van der Waals surface area contributed by atoms with E-state index in [4.69, 9.17) is 15.2 Å². The predicted octanol–water partition coefficient (Wildman–Crippen LogP) is 4.43. The molecule has 1 atom stereocenters. The van der Waals surface area contributed by atoms with Gasteiger partial charge in [-0.3, -0.25) is 9.59 Å². The molecule has 2 heterocycles. The zero-order valence-electron chi connectivity index (χ0n) is 21.7. The molecule has 0 aliphatic rings. The molecule has 10 nitrogen and oxygen atoms in total. The number of benzene rings is 1. The van der Waals surface area contributed by atoms with E-state index in [1.54, 1.807) is 13.8 Å². The van der Waals surface area contributed by atoms with E-state index in [0.717, 1.165) is 22.6 Å². The number of thiophene rings is 1. The van der Waals surface area contributed by atoms with Crippen molar-refractivity contribution in [1.82, 2.24) is 14.8 Å². The topological polar surface area (TPSA) is 138 Å². The lowest BCUT2D eigenvalue weighted by Crippen LogP contribution is -2.17. The van der Waals surface area contributed by atoms with Crippen LogP contribution in [0.25, 0.3) is 0 Å². The van der Waals surface area contributed by atoms with Gasteiger partial charge in [-0.05, 0) is 70.4 Å². The van der Waals surface area contributed by atoms with Crippen LogP contribution in [0, 0.1) is 20.8 Å². The third kappa shape index (κ3) is 6.50. The largest absolute Gasteiger partial charge is 0.483 e. The van der Waals surface area contributed by atoms with Crippen LogP contribution in [-0.2, 0) is 16.1 Å². The van der Waals surface area contributed by atoms with Crippen LogP contribution in [0.5, 0.6) is 5.75 Å². The number of nitrogens with zero attached hydrogens (tertiary/aromatic N) is 3. The summed E-state index contributed by atoms with van der Waals surface area (Å²) in [5.41, 5.74) is 8.27. The summed E-state index contributed by atoms with van der Waals surface area (Å²) in [4.78, 5) is 37.2. The number of esters is 1. The number of ether oxygens (including phenoxy) is 2. The van der Waals surface area contributed by atoms with Gasteiger partial charge in [0.15, 0.2) is 17.1 Å². The van der Waals surface area contributed by atoms with Crippen LogP contribution in [0.15, 0.2) is 23.4 Å². The van der Waals surface area contributed by atoms with Crippen molar-refractivity contribution in [3.8, 4) is 5.75 Å². The highest BCUT2D eigenvalue weighted by molar-refractivity contribution is 7.99. The van der Waals surface area contributed by atoms with E-state index in [2.05, 4.69) is 15.5 Å². The molecule has 0 fully saturated rings. The molecular formula is C25H31N5O5S2. The maximum atomic E-state index is 12.8. The second-order valence-electron chi connectivity index (χ2n) is 8.27. The molecule has 198 valence electrons. The number of rotatable bonds is 11. The zero-order chi connectivity index (χ0) is 27.3. The number of hydrogen-bond acceptors (Lipinski definition) is 9. The van der Waals surface area contributed by atoms with Crippen molar-refractivity contribution in [3.05, 3.63) is 51.2 Å². The van der Waals surface area contributed by atoms with Gasteiger partial charge in [0, 0.05) is 6.54 Å². The molecular weight excluding hydrogens is 514 g/mol. The van der Waals surface area contributed by atoms with E-state index in [-0.39, 0.29) is 39.8 Å². The lowest BCUT2D eigenvalue weighted by Gasteiger charge is -2.16. The lowest BCUT2D eigenvalue weighted by molar-refractivity contribution is -0.113. The van der Waals surface area contributed by atoms with E-state index < -0.39 is 11.9 Å². The summed E-state index contributed by atoms with van der Waals surface area (Å²) in [6, 6.07) is 5.92. The minimum absolute atomic E-state index is 0.00957. The molecule has 0 bridgehead atoms. The standard InChI is InChI=1S/C25H31N5O5S2/c1-7-30-22(16(6)35-17-10-9-13(3)14(4)11-17)28-29-25(30)36-12-18(31)27-23-19(24(33)34-8-2)15(5)20(37-23)21(26)32/h9-11,16H,7-8,12H2,1-6H3,(H2,26,32)(H,27,31). The van der Waals surface area contributed by atoms with Gasteiger partial charge in [0.1, 0.15) is 10.8 Å². The molecule has 3 N–H and O–H groups in total. The first-order chi connectivity index (χ1) is 17.6. The van der Waals surface area contributed by atoms with Gasteiger partial charge < -0.3 is 25.1 Å². The fraction of sp³-hybridized carbons (Fsp3) is 0.400. The van der Waals surface area contributed by atoms with Crippen molar-refractivity contribution >= 4 is 45.9 Å². The molecule has 1 unspecified atom stereocenters. The number of aryl methyl sites for hydroxylation is 2. The average Bonchev–Trinajstić information content (AvgIpc) is 3.40. The van der Waals surface area contributed by atoms with Crippen LogP contribution in [0.3, 0.4) is 0 Å². The Bertz CT molecular complexity index is 1320. The fourth-order valence-corrected chi connectivity index (χ4v) is 5.50. The molecule has 0 aliphatic heterocycles. The van der Waals surface area contributed by atoms with Crippen LogP contribution in [0.4, 0.5) is 5.00 Å². The molecule has 2 aromatic heterocycles. The highest BCUT2D eigenvalue weighted by atomic mass is 32.2. The molecule has 1 aromatic carbocycles. The van der Waals surface area contributed by atoms with E-state index in [1.807, 2.05) is 50.5 Å². The third-order valence-corrected chi connectivity index (χ3v) is 7.84. The Morgan fingerprint density at radius 2 is 1.89 bits per heavy atom. The van der Waals surface area contributed by atoms with Crippen LogP contribution in [0.2, 0.25) is 0 Å². The smallest absolute Gasteiger partial charge is 0.341 e. The Labute approximate surface area is 223 Å². The van der Waals surface area contributed by atoms with E-state index >= 15 is 0 Å². The SMILES string of the molecule is CCOC(=O)c1c(NC(=O)CSc2nnc(C(C)Oc3ccc(C)c(C)c3)n2CC)sc(C(N)=O)c1C. The summed E-state index contributed by atoms with van der Waals surface area (Å²) in [6.07, 6.45) is -0.355. The number of carbonyl (C=O) groups is 3. The Morgan fingerprint density at radius 3 is 2.51 bits per heavy atom. The van der Waals surface area contributed by atoms with Crippen molar-refractivity contribution in [2.75, 3.05) is 17.7 Å². The minimum atomic E-state index is -0.677. The highest BCUT2D eigenvalue weighted by Crippen LogP contribution is 2.34. The number of carbonyl (C=O) groups excluding carboxylic acids is 3. The monoisotopic (exact) mass is 545 g/mol. The molecule has 0 saturated carbocycles. The Hall–Kier alpha value is -3.38. The quantitative estimate of drug-likeness (QED) is 0.267. The van der Waals surface area contributed by atoms with Gasteiger partial charge in [0.2, 0.25) is 5.91 Å². The van der Waals surface area contributed by atoms with Crippen LogP contribution < -0.4 is 15.8 Å². The van der Waals surface area contributed by atoms with Crippen LogP contribution in [-0.4, -0.2) is 44.9 Å². The first kappa shape index (κ1) is 28.2. The van der Waals surface area contributed by atoms with Crippen molar-refractivity contribution in [3.63, 3.8) is 0 Å². The van der Waals surface area contributed by atoms with Gasteiger partial charge in [-0.15, -0.1) is 21.5 Å². The van der Waals surface area contributed by atoms with Crippen molar-refractivity contribution in [2.45, 2.75) is 59.3 Å². The minimum Gasteiger partial charge on any atom is -0.483 e. The number of hydrogen-bond donors (Lipinski definition) is 2. The summed E-state index contributed by atoms with van der Waals surface area (Å²) in [5.74, 6) is -0.278. The van der Waals surface area contributed by atoms with Gasteiger partial charge in [-0.1, -0.05) is 17.8 Å². The molecule has 37 heavy (non-hydrogen) atoms. The Morgan fingerprint density at radius 1 is 1.16 bits per heavy atom. The second-order valence-corrected chi connectivity index (χ2v) is 10.2. The zero-order valence-corrected chi connectivity index (χ0v) is 23.3. The van der Waals surface area contributed by atoms with Crippen molar-refractivity contribution < 1.29 is 23.9 Å². The van der Waals surface area contributed by atoms with Gasteiger partial charge in [0.25, 0.3) is 5.91 Å². The summed E-state index contributed by atoms with van der Waals surface area (Å²) < 4.78 is 13.1. The summed E-state index contributed by atoms with van der Waals surface area (Å²) >= 11 is 2.16. The number of nitrogens with one attached hydrogen (secondary N) is 1. The summed E-state index contributed by atoms with van der Waals surface area (Å²) in [6.45, 7) is 12.0. The number of anilines is 1. The molecule has 12 heteroatoms. The number of primary amides is 1. The van der Waals surface area contributed by atoms with Gasteiger partial charge >= 0.3 is 5.97 Å². The number of aromatic nitrogens is 3. The second kappa shape index (κ2) is 12.2.